The third-order valence-corrected chi connectivity index (χ3v) is 12.1. The molecule has 1 aromatic heterocycles. The van der Waals surface area contributed by atoms with E-state index in [0.29, 0.717) is 0 Å². The highest BCUT2D eigenvalue weighted by Gasteiger charge is 2.46. The number of hydrogen-bond donors (Lipinski definition) is 0. The first-order valence-electron chi connectivity index (χ1n) is 15.9. The average Bonchev–Trinajstić information content (AvgIpc) is 3.35. The Labute approximate surface area is 256 Å². The van der Waals surface area contributed by atoms with E-state index in [9.17, 15) is 0 Å². The van der Waals surface area contributed by atoms with Gasteiger partial charge in [-0.05, 0) is 144 Å². The van der Waals surface area contributed by atoms with E-state index >= 15 is 0 Å². The van der Waals surface area contributed by atoms with Gasteiger partial charge in [-0.25, -0.2) is 0 Å². The van der Waals surface area contributed by atoms with Gasteiger partial charge in [0.25, 0.3) is 6.71 Å². The molecule has 3 heterocycles. The molecule has 3 aliphatic carbocycles. The van der Waals surface area contributed by atoms with Crippen molar-refractivity contribution in [3.05, 3.63) is 124 Å². The van der Waals surface area contributed by atoms with Crippen LogP contribution in [0.2, 0.25) is 0 Å². The molecule has 4 heteroatoms. The van der Waals surface area contributed by atoms with Gasteiger partial charge >= 0.3 is 0 Å². The van der Waals surface area contributed by atoms with Gasteiger partial charge in [-0.15, -0.1) is 11.3 Å². The van der Waals surface area contributed by atoms with Crippen molar-refractivity contribution in [2.75, 3.05) is 9.80 Å². The van der Waals surface area contributed by atoms with Crippen molar-refractivity contribution in [3.63, 3.8) is 0 Å². The van der Waals surface area contributed by atoms with Crippen LogP contribution in [-0.2, 0) is 38.5 Å². The van der Waals surface area contributed by atoms with Crippen LogP contribution in [-0.4, -0.2) is 6.71 Å². The fraction of sp³-hybridized carbons (Fsp3) is 0.179. The predicted molar refractivity (Wildman–Crippen MR) is 183 cm³/mol. The van der Waals surface area contributed by atoms with Gasteiger partial charge in [0.05, 0.1) is 5.69 Å². The molecule has 5 aliphatic rings. The first-order chi connectivity index (χ1) is 21.2. The highest BCUT2D eigenvalue weighted by Crippen LogP contribution is 2.49. The van der Waals surface area contributed by atoms with Crippen molar-refractivity contribution in [2.45, 2.75) is 45.4 Å². The monoisotopic (exact) mass is 568 g/mol. The van der Waals surface area contributed by atoms with Crippen LogP contribution in [0.4, 0.5) is 34.1 Å². The summed E-state index contributed by atoms with van der Waals surface area (Å²) in [6.45, 7) is 2.51. The number of hydrogen-bond acceptors (Lipinski definition) is 3. The zero-order valence-corrected chi connectivity index (χ0v) is 25.0. The lowest BCUT2D eigenvalue weighted by Gasteiger charge is -2.44. The minimum atomic E-state index is 0.227. The number of nitrogens with zero attached hydrogens (tertiary/aromatic N) is 2. The smallest absolute Gasteiger partial charge is 0.264 e. The molecule has 0 amide bonds. The minimum absolute atomic E-state index is 0.227. The second-order valence-electron chi connectivity index (χ2n) is 13.2. The van der Waals surface area contributed by atoms with E-state index in [2.05, 4.69) is 102 Å². The second kappa shape index (κ2) is 8.01. The van der Waals surface area contributed by atoms with Crippen molar-refractivity contribution in [2.24, 2.45) is 0 Å². The number of anilines is 6. The highest BCUT2D eigenvalue weighted by atomic mass is 32.1. The van der Waals surface area contributed by atoms with Crippen molar-refractivity contribution < 1.29 is 0 Å². The van der Waals surface area contributed by atoms with E-state index < -0.39 is 0 Å². The number of fused-ring (bicyclic) bond motifs is 9. The maximum atomic E-state index is 2.62. The zero-order valence-electron chi connectivity index (χ0n) is 24.2. The highest BCUT2D eigenvalue weighted by molar-refractivity contribution is 7.33. The van der Waals surface area contributed by atoms with Crippen molar-refractivity contribution in [1.29, 1.82) is 0 Å². The van der Waals surface area contributed by atoms with Crippen LogP contribution in [0.1, 0.15) is 38.9 Å². The van der Waals surface area contributed by atoms with Gasteiger partial charge in [0.15, 0.2) is 0 Å². The first-order valence-corrected chi connectivity index (χ1v) is 16.7. The molecule has 0 bridgehead atoms. The van der Waals surface area contributed by atoms with Crippen molar-refractivity contribution in [3.8, 4) is 0 Å². The summed E-state index contributed by atoms with van der Waals surface area (Å²) in [7, 11) is 0. The fourth-order valence-corrected chi connectivity index (χ4v) is 9.77. The number of thiophene rings is 1. The fourth-order valence-electron chi connectivity index (χ4n) is 8.45. The molecule has 2 aliphatic heterocycles. The molecule has 0 radical (unpaired) electrons. The minimum Gasteiger partial charge on any atom is -0.311 e. The standard InChI is InChI=1S/C39H29BN2S/c1-22-16-34-37-35(17-22)42(30-15-13-24-7-9-26(24)19-30)38-31-4-2-3-5-36(31)43-39(38)40(37)32-20-27-10-11-28(27)21-33(32)41(34)29-14-12-23-6-8-25(23)18-29/h2-5,12-21H,6-11H2,1H3. The largest absolute Gasteiger partial charge is 0.311 e. The molecule has 0 atom stereocenters. The zero-order chi connectivity index (χ0) is 28.0. The molecule has 6 aromatic rings. The number of aryl methyl sites for hydroxylation is 7. The summed E-state index contributed by atoms with van der Waals surface area (Å²) < 4.78 is 2.86. The third-order valence-electron chi connectivity index (χ3n) is 10.9. The molecule has 0 unspecified atom stereocenters. The van der Waals surface area contributed by atoms with Gasteiger partial charge in [0.2, 0.25) is 0 Å². The van der Waals surface area contributed by atoms with Crippen LogP contribution < -0.4 is 25.5 Å². The Morgan fingerprint density at radius 2 is 1.19 bits per heavy atom. The molecule has 0 fully saturated rings. The van der Waals surface area contributed by atoms with Crippen LogP contribution in [0.15, 0.2) is 84.9 Å². The molecule has 0 saturated carbocycles. The van der Waals surface area contributed by atoms with Crippen molar-refractivity contribution >= 4 is 78.0 Å². The van der Waals surface area contributed by atoms with Crippen molar-refractivity contribution in [1.82, 2.24) is 0 Å². The number of rotatable bonds is 2. The average molecular weight is 569 g/mol. The quantitative estimate of drug-likeness (QED) is 0.198. The van der Waals surface area contributed by atoms with E-state index in [1.165, 1.54) is 132 Å². The maximum absolute atomic E-state index is 2.62. The molecule has 2 nitrogen and oxygen atoms in total. The van der Waals surface area contributed by atoms with Crippen LogP contribution >= 0.6 is 11.3 Å². The Bertz CT molecular complexity index is 2240. The second-order valence-corrected chi connectivity index (χ2v) is 14.3. The van der Waals surface area contributed by atoms with E-state index in [-0.39, 0.29) is 6.71 Å². The SMILES string of the molecule is Cc1cc2c3c(c1)N(c1ccc4c(c1)CC4)c1c(sc4ccccc14)B3c1cc3c(cc1N2c1ccc2c(c1)CC2)CC3. The topological polar surface area (TPSA) is 6.48 Å². The van der Waals surface area contributed by atoms with E-state index in [1.54, 1.807) is 5.56 Å². The lowest BCUT2D eigenvalue weighted by atomic mass is 9.36. The Morgan fingerprint density at radius 1 is 0.581 bits per heavy atom. The summed E-state index contributed by atoms with van der Waals surface area (Å²) in [5.41, 5.74) is 21.4. The molecular formula is C39H29BN2S. The molecule has 0 N–H and O–H groups in total. The maximum Gasteiger partial charge on any atom is 0.264 e. The van der Waals surface area contributed by atoms with E-state index in [0.717, 1.165) is 0 Å². The molecule has 0 spiro atoms. The Kier molecular flexibility index (Phi) is 4.32. The summed E-state index contributed by atoms with van der Waals surface area (Å²) in [6, 6.07) is 33.6. The summed E-state index contributed by atoms with van der Waals surface area (Å²) in [5.74, 6) is 0. The van der Waals surface area contributed by atoms with E-state index in [1.807, 2.05) is 11.3 Å². The predicted octanol–water partition coefficient (Wildman–Crippen LogP) is 7.59. The Hall–Kier alpha value is -4.28. The lowest BCUT2D eigenvalue weighted by molar-refractivity contribution is 0.837. The lowest BCUT2D eigenvalue weighted by Crippen LogP contribution is -2.60. The van der Waals surface area contributed by atoms with Crippen LogP contribution in [0.25, 0.3) is 10.1 Å². The van der Waals surface area contributed by atoms with Gasteiger partial charge < -0.3 is 9.80 Å². The van der Waals surface area contributed by atoms with E-state index in [4.69, 9.17) is 0 Å². The normalized spacial score (nSPS) is 16.3. The molecule has 204 valence electrons. The molecule has 43 heavy (non-hydrogen) atoms. The molecule has 5 aromatic carbocycles. The summed E-state index contributed by atoms with van der Waals surface area (Å²) in [4.78, 5) is 5.24. The molecule has 11 rings (SSSR count). The van der Waals surface area contributed by atoms with Gasteiger partial charge in [0, 0.05) is 43.3 Å². The first kappa shape index (κ1) is 23.2. The third kappa shape index (κ3) is 2.95. The van der Waals surface area contributed by atoms with Gasteiger partial charge in [0.1, 0.15) is 0 Å². The van der Waals surface area contributed by atoms with Gasteiger partial charge in [-0.2, -0.15) is 0 Å². The summed E-state index contributed by atoms with van der Waals surface area (Å²) in [5, 5.41) is 1.37. The van der Waals surface area contributed by atoms with Gasteiger partial charge in [-0.3, -0.25) is 0 Å². The van der Waals surface area contributed by atoms with Gasteiger partial charge in [-0.1, -0.05) is 36.4 Å². The van der Waals surface area contributed by atoms with Crippen LogP contribution in [0, 0.1) is 6.92 Å². The van der Waals surface area contributed by atoms with Crippen LogP contribution in [0.3, 0.4) is 0 Å². The molecular weight excluding hydrogens is 539 g/mol. The summed E-state index contributed by atoms with van der Waals surface area (Å²) in [6.07, 6.45) is 7.19. The van der Waals surface area contributed by atoms with Crippen LogP contribution in [0.5, 0.6) is 0 Å². The Balaban J connectivity index is 1.26. The summed E-state index contributed by atoms with van der Waals surface area (Å²) >= 11 is 2.00. The molecule has 0 saturated heterocycles. The number of benzene rings is 5. The Morgan fingerprint density at radius 3 is 1.86 bits per heavy atom.